The molecule has 0 saturated heterocycles. The van der Waals surface area contributed by atoms with Crippen LogP contribution in [0.4, 0.5) is 0 Å². The fourth-order valence-corrected chi connectivity index (χ4v) is 3.82. The van der Waals surface area contributed by atoms with Crippen LogP contribution >= 0.6 is 11.8 Å². The standard InChI is InChI=1S/C23H25N3OS/c1-17-9-11-20(12-10-17)15-28-16-23(27)25-24-14-21-13-18(2)26(19(21)3)22-7-5-4-6-8-22/h4-14H,15-16H2,1-3H3,(H,25,27)/b24-14-. The van der Waals surface area contributed by atoms with Crippen LogP contribution in [0.25, 0.3) is 5.69 Å². The summed E-state index contributed by atoms with van der Waals surface area (Å²) < 4.78 is 2.18. The van der Waals surface area contributed by atoms with E-state index in [1.165, 1.54) is 11.1 Å². The Bertz CT molecular complexity index is 960. The second kappa shape index (κ2) is 9.42. The summed E-state index contributed by atoms with van der Waals surface area (Å²) in [4.78, 5) is 12.0. The van der Waals surface area contributed by atoms with Gasteiger partial charge in [0, 0.05) is 28.4 Å². The summed E-state index contributed by atoms with van der Waals surface area (Å²) in [5.41, 5.74) is 9.42. The molecular formula is C23H25N3OS. The zero-order valence-corrected chi connectivity index (χ0v) is 17.3. The van der Waals surface area contributed by atoms with Gasteiger partial charge in [-0.15, -0.1) is 11.8 Å². The Labute approximate surface area is 170 Å². The lowest BCUT2D eigenvalue weighted by Gasteiger charge is -2.08. The number of aryl methyl sites for hydroxylation is 2. The zero-order chi connectivity index (χ0) is 19.9. The van der Waals surface area contributed by atoms with Crippen molar-refractivity contribution < 1.29 is 4.79 Å². The van der Waals surface area contributed by atoms with Crippen molar-refractivity contribution in [1.82, 2.24) is 9.99 Å². The number of carbonyl (C=O) groups excluding carboxylic acids is 1. The molecule has 0 spiro atoms. The predicted molar refractivity (Wildman–Crippen MR) is 118 cm³/mol. The number of amides is 1. The Balaban J connectivity index is 1.53. The normalized spacial score (nSPS) is 11.1. The smallest absolute Gasteiger partial charge is 0.250 e. The lowest BCUT2D eigenvalue weighted by Crippen LogP contribution is -2.19. The number of rotatable bonds is 7. The third kappa shape index (κ3) is 5.14. The fraction of sp³-hybridized carbons (Fsp3) is 0.217. The average Bonchev–Trinajstić information content (AvgIpc) is 2.97. The average molecular weight is 392 g/mol. The quantitative estimate of drug-likeness (QED) is 0.465. The van der Waals surface area contributed by atoms with Crippen LogP contribution in [-0.2, 0) is 10.5 Å². The SMILES string of the molecule is Cc1ccc(CSCC(=O)N/N=C\c2cc(C)n(-c3ccccc3)c2C)cc1. The number of hydrazone groups is 1. The molecule has 1 heterocycles. The molecular weight excluding hydrogens is 366 g/mol. The molecule has 0 aliphatic heterocycles. The molecule has 0 fully saturated rings. The largest absolute Gasteiger partial charge is 0.318 e. The van der Waals surface area contributed by atoms with Gasteiger partial charge in [0.25, 0.3) is 0 Å². The highest BCUT2D eigenvalue weighted by Gasteiger charge is 2.09. The number of hydrogen-bond acceptors (Lipinski definition) is 3. The second-order valence-electron chi connectivity index (χ2n) is 6.77. The first-order valence-corrected chi connectivity index (χ1v) is 10.4. The van der Waals surface area contributed by atoms with Gasteiger partial charge in [0.1, 0.15) is 0 Å². The van der Waals surface area contributed by atoms with Crippen LogP contribution in [0.3, 0.4) is 0 Å². The number of para-hydroxylation sites is 1. The van der Waals surface area contributed by atoms with Gasteiger partial charge >= 0.3 is 0 Å². The van der Waals surface area contributed by atoms with E-state index in [-0.39, 0.29) is 5.91 Å². The van der Waals surface area contributed by atoms with Gasteiger partial charge in [0.2, 0.25) is 5.91 Å². The van der Waals surface area contributed by atoms with Gasteiger partial charge in [-0.2, -0.15) is 5.10 Å². The molecule has 2 aromatic carbocycles. The monoisotopic (exact) mass is 391 g/mol. The van der Waals surface area contributed by atoms with Gasteiger partial charge in [-0.05, 0) is 44.5 Å². The lowest BCUT2D eigenvalue weighted by atomic mass is 10.2. The molecule has 3 aromatic rings. The van der Waals surface area contributed by atoms with E-state index in [4.69, 9.17) is 0 Å². The maximum absolute atomic E-state index is 12.0. The van der Waals surface area contributed by atoms with Crippen LogP contribution in [0.1, 0.15) is 28.1 Å². The summed E-state index contributed by atoms with van der Waals surface area (Å²) in [6.07, 6.45) is 1.71. The van der Waals surface area contributed by atoms with E-state index in [1.807, 2.05) is 18.2 Å². The fourth-order valence-electron chi connectivity index (χ4n) is 3.04. The Morgan fingerprint density at radius 3 is 2.50 bits per heavy atom. The van der Waals surface area contributed by atoms with Crippen molar-refractivity contribution in [1.29, 1.82) is 0 Å². The van der Waals surface area contributed by atoms with Crippen LogP contribution in [0.2, 0.25) is 0 Å². The molecule has 0 unspecified atom stereocenters. The summed E-state index contributed by atoms with van der Waals surface area (Å²) in [5, 5.41) is 4.14. The summed E-state index contributed by atoms with van der Waals surface area (Å²) in [5.74, 6) is 1.11. The third-order valence-corrected chi connectivity index (χ3v) is 5.50. The molecule has 5 heteroatoms. The van der Waals surface area contributed by atoms with Crippen molar-refractivity contribution in [3.05, 3.63) is 88.7 Å². The third-order valence-electron chi connectivity index (χ3n) is 4.50. The topological polar surface area (TPSA) is 46.4 Å². The van der Waals surface area contributed by atoms with Gasteiger partial charge in [0.05, 0.1) is 12.0 Å². The van der Waals surface area contributed by atoms with E-state index < -0.39 is 0 Å². The Kier molecular flexibility index (Phi) is 6.71. The first-order chi connectivity index (χ1) is 13.5. The van der Waals surface area contributed by atoms with Crippen LogP contribution < -0.4 is 5.43 Å². The Morgan fingerprint density at radius 2 is 1.79 bits per heavy atom. The number of aromatic nitrogens is 1. The number of hydrogen-bond donors (Lipinski definition) is 1. The van der Waals surface area contributed by atoms with Crippen molar-refractivity contribution in [2.24, 2.45) is 5.10 Å². The van der Waals surface area contributed by atoms with Crippen molar-refractivity contribution >= 4 is 23.9 Å². The number of nitrogens with one attached hydrogen (secondary N) is 1. The molecule has 3 rings (SSSR count). The number of carbonyl (C=O) groups is 1. The van der Waals surface area contributed by atoms with E-state index in [0.29, 0.717) is 5.75 Å². The molecule has 1 amide bonds. The molecule has 0 bridgehead atoms. The summed E-state index contributed by atoms with van der Waals surface area (Å²) >= 11 is 1.58. The van der Waals surface area contributed by atoms with Gasteiger partial charge in [-0.3, -0.25) is 4.79 Å². The molecule has 0 atom stereocenters. The molecule has 0 aliphatic carbocycles. The summed E-state index contributed by atoms with van der Waals surface area (Å²) in [7, 11) is 0. The van der Waals surface area contributed by atoms with E-state index >= 15 is 0 Å². The maximum Gasteiger partial charge on any atom is 0.250 e. The summed E-state index contributed by atoms with van der Waals surface area (Å²) in [6, 6.07) is 20.7. The van der Waals surface area contributed by atoms with E-state index in [9.17, 15) is 4.79 Å². The van der Waals surface area contributed by atoms with E-state index in [0.717, 1.165) is 28.4 Å². The Morgan fingerprint density at radius 1 is 1.07 bits per heavy atom. The molecule has 144 valence electrons. The van der Waals surface area contributed by atoms with Gasteiger partial charge in [-0.25, -0.2) is 5.43 Å². The van der Waals surface area contributed by atoms with E-state index in [1.54, 1.807) is 18.0 Å². The molecule has 1 aromatic heterocycles. The van der Waals surface area contributed by atoms with E-state index in [2.05, 4.69) is 78.3 Å². The predicted octanol–water partition coefficient (Wildman–Crippen LogP) is 4.79. The first kappa shape index (κ1) is 20.0. The van der Waals surface area contributed by atoms with Crippen molar-refractivity contribution in [2.75, 3.05) is 5.75 Å². The highest BCUT2D eigenvalue weighted by atomic mass is 32.2. The molecule has 0 saturated carbocycles. The maximum atomic E-state index is 12.0. The molecule has 0 radical (unpaired) electrons. The van der Waals surface area contributed by atoms with Crippen molar-refractivity contribution in [3.63, 3.8) is 0 Å². The minimum Gasteiger partial charge on any atom is -0.318 e. The van der Waals surface area contributed by atoms with Crippen LogP contribution in [0.15, 0.2) is 65.8 Å². The van der Waals surface area contributed by atoms with Crippen molar-refractivity contribution in [2.45, 2.75) is 26.5 Å². The van der Waals surface area contributed by atoms with Crippen LogP contribution in [0.5, 0.6) is 0 Å². The van der Waals surface area contributed by atoms with Crippen LogP contribution in [-0.4, -0.2) is 22.4 Å². The van der Waals surface area contributed by atoms with Crippen molar-refractivity contribution in [3.8, 4) is 5.69 Å². The number of benzene rings is 2. The summed E-state index contributed by atoms with van der Waals surface area (Å²) in [6.45, 7) is 6.19. The molecule has 28 heavy (non-hydrogen) atoms. The van der Waals surface area contributed by atoms with Gasteiger partial charge in [0.15, 0.2) is 0 Å². The molecule has 0 aliphatic rings. The minimum absolute atomic E-state index is 0.0924. The first-order valence-electron chi connectivity index (χ1n) is 9.24. The highest BCUT2D eigenvalue weighted by Crippen LogP contribution is 2.19. The number of nitrogens with zero attached hydrogens (tertiary/aromatic N) is 2. The van der Waals surface area contributed by atoms with Crippen LogP contribution in [0, 0.1) is 20.8 Å². The molecule has 1 N–H and O–H groups in total. The lowest BCUT2D eigenvalue weighted by molar-refractivity contribution is -0.118. The van der Waals surface area contributed by atoms with Gasteiger partial charge in [-0.1, -0.05) is 48.0 Å². The zero-order valence-electron chi connectivity index (χ0n) is 16.5. The Hall–Kier alpha value is -2.79. The highest BCUT2D eigenvalue weighted by molar-refractivity contribution is 7.99. The second-order valence-corrected chi connectivity index (χ2v) is 7.75. The molecule has 4 nitrogen and oxygen atoms in total. The number of thioether (sulfide) groups is 1. The minimum atomic E-state index is -0.0924. The van der Waals surface area contributed by atoms with Gasteiger partial charge < -0.3 is 4.57 Å².